The second kappa shape index (κ2) is 5.36. The summed E-state index contributed by atoms with van der Waals surface area (Å²) in [5.41, 5.74) is 2.32. The number of nitrogens with two attached hydrogens (primary N) is 1. The lowest BCUT2D eigenvalue weighted by atomic mass is 10.0. The molecule has 0 heterocycles. The first-order valence-corrected chi connectivity index (χ1v) is 8.52. The predicted octanol–water partition coefficient (Wildman–Crippen LogP) is 3.83. The van der Waals surface area contributed by atoms with Crippen LogP contribution in [0.4, 0.5) is 0 Å². The van der Waals surface area contributed by atoms with E-state index in [4.69, 9.17) is 5.14 Å². The molecular formula is C13H11Br2NO2S. The molecule has 0 saturated carbocycles. The van der Waals surface area contributed by atoms with Crippen molar-refractivity contribution in [1.82, 2.24) is 0 Å². The third kappa shape index (κ3) is 3.08. The summed E-state index contributed by atoms with van der Waals surface area (Å²) in [6.45, 7) is 1.90. The van der Waals surface area contributed by atoms with Crippen molar-refractivity contribution in [1.29, 1.82) is 0 Å². The van der Waals surface area contributed by atoms with E-state index in [0.717, 1.165) is 20.1 Å². The Kier molecular flexibility index (Phi) is 4.15. The fraction of sp³-hybridized carbons (Fsp3) is 0.0769. The standard InChI is InChI=1S/C13H11Br2NO2S/c1-8-5-6-12(19(16,17)18)9(7-8)13-10(14)3-2-4-11(13)15/h2-7H,1H3,(H2,16,17,18). The number of halogens is 2. The van der Waals surface area contributed by atoms with Crippen molar-refractivity contribution >= 4 is 41.9 Å². The van der Waals surface area contributed by atoms with Gasteiger partial charge in [0, 0.05) is 20.1 Å². The minimum absolute atomic E-state index is 0.116. The van der Waals surface area contributed by atoms with Gasteiger partial charge in [0.25, 0.3) is 0 Å². The van der Waals surface area contributed by atoms with E-state index in [9.17, 15) is 8.42 Å². The number of rotatable bonds is 2. The Bertz CT molecular complexity index is 722. The van der Waals surface area contributed by atoms with Crippen molar-refractivity contribution in [3.63, 3.8) is 0 Å². The summed E-state index contributed by atoms with van der Waals surface area (Å²) >= 11 is 6.89. The Morgan fingerprint density at radius 3 is 2.16 bits per heavy atom. The lowest BCUT2D eigenvalue weighted by Crippen LogP contribution is -2.13. The molecule has 0 aromatic heterocycles. The van der Waals surface area contributed by atoms with Crippen LogP contribution in [0.3, 0.4) is 0 Å². The van der Waals surface area contributed by atoms with Gasteiger partial charge in [-0.2, -0.15) is 0 Å². The molecule has 2 rings (SSSR count). The fourth-order valence-electron chi connectivity index (χ4n) is 1.84. The molecule has 2 aromatic carbocycles. The van der Waals surface area contributed by atoms with Gasteiger partial charge in [0.2, 0.25) is 10.0 Å². The molecule has 0 atom stereocenters. The van der Waals surface area contributed by atoms with E-state index in [1.807, 2.05) is 31.2 Å². The van der Waals surface area contributed by atoms with Crippen molar-refractivity contribution in [2.45, 2.75) is 11.8 Å². The van der Waals surface area contributed by atoms with E-state index in [-0.39, 0.29) is 4.90 Å². The fourth-order valence-corrected chi connectivity index (χ4v) is 3.99. The minimum Gasteiger partial charge on any atom is -0.225 e. The van der Waals surface area contributed by atoms with Gasteiger partial charge in [-0.05, 0) is 31.2 Å². The Morgan fingerprint density at radius 2 is 1.63 bits per heavy atom. The lowest BCUT2D eigenvalue weighted by Gasteiger charge is -2.12. The van der Waals surface area contributed by atoms with Crippen LogP contribution in [-0.2, 0) is 10.0 Å². The van der Waals surface area contributed by atoms with Crippen LogP contribution >= 0.6 is 31.9 Å². The van der Waals surface area contributed by atoms with Gasteiger partial charge in [-0.1, -0.05) is 49.6 Å². The molecule has 0 aliphatic rings. The van der Waals surface area contributed by atoms with Gasteiger partial charge in [0.05, 0.1) is 4.90 Å². The van der Waals surface area contributed by atoms with E-state index in [0.29, 0.717) is 5.56 Å². The number of primary sulfonamides is 1. The first-order valence-electron chi connectivity index (χ1n) is 5.38. The quantitative estimate of drug-likeness (QED) is 0.826. The van der Waals surface area contributed by atoms with Crippen molar-refractivity contribution in [2.75, 3.05) is 0 Å². The number of hydrogen-bond acceptors (Lipinski definition) is 2. The minimum atomic E-state index is -3.77. The summed E-state index contributed by atoms with van der Waals surface area (Å²) in [6.07, 6.45) is 0. The molecule has 0 saturated heterocycles. The average Bonchev–Trinajstić information content (AvgIpc) is 2.27. The first kappa shape index (κ1) is 14.7. The lowest BCUT2D eigenvalue weighted by molar-refractivity contribution is 0.598. The molecule has 0 aliphatic carbocycles. The topological polar surface area (TPSA) is 60.2 Å². The van der Waals surface area contributed by atoms with Gasteiger partial charge < -0.3 is 0 Å². The number of aryl methyl sites for hydroxylation is 1. The first-order chi connectivity index (χ1) is 8.80. The SMILES string of the molecule is Cc1ccc(S(N)(=O)=O)c(-c2c(Br)cccc2Br)c1. The van der Waals surface area contributed by atoms with Gasteiger partial charge in [-0.15, -0.1) is 0 Å². The van der Waals surface area contributed by atoms with Crippen LogP contribution in [0.1, 0.15) is 5.56 Å². The zero-order chi connectivity index (χ0) is 14.2. The highest BCUT2D eigenvalue weighted by atomic mass is 79.9. The molecule has 0 fully saturated rings. The molecule has 0 amide bonds. The summed E-state index contributed by atoms with van der Waals surface area (Å²) in [5, 5.41) is 5.29. The molecule has 0 unspecified atom stereocenters. The van der Waals surface area contributed by atoms with E-state index in [1.165, 1.54) is 6.07 Å². The molecule has 19 heavy (non-hydrogen) atoms. The Balaban J connectivity index is 2.86. The van der Waals surface area contributed by atoms with Gasteiger partial charge in [-0.3, -0.25) is 0 Å². The number of hydrogen-bond donors (Lipinski definition) is 1. The second-order valence-electron chi connectivity index (χ2n) is 4.14. The Labute approximate surface area is 129 Å². The summed E-state index contributed by atoms with van der Waals surface area (Å²) < 4.78 is 25.0. The second-order valence-corrected chi connectivity index (χ2v) is 7.38. The largest absolute Gasteiger partial charge is 0.238 e. The summed E-state index contributed by atoms with van der Waals surface area (Å²) in [7, 11) is -3.77. The molecule has 0 aliphatic heterocycles. The zero-order valence-electron chi connectivity index (χ0n) is 10.0. The third-order valence-corrected chi connectivity index (χ3v) is 4.96. The van der Waals surface area contributed by atoms with Crippen molar-refractivity contribution in [3.8, 4) is 11.1 Å². The highest BCUT2D eigenvalue weighted by Crippen LogP contribution is 2.38. The molecule has 0 bridgehead atoms. The van der Waals surface area contributed by atoms with Crippen LogP contribution in [0.25, 0.3) is 11.1 Å². The normalized spacial score (nSPS) is 11.6. The van der Waals surface area contributed by atoms with Gasteiger partial charge in [0.1, 0.15) is 0 Å². The maximum absolute atomic E-state index is 11.7. The molecular weight excluding hydrogens is 394 g/mol. The Morgan fingerprint density at radius 1 is 1.05 bits per heavy atom. The molecule has 0 spiro atoms. The molecule has 2 aromatic rings. The monoisotopic (exact) mass is 403 g/mol. The summed E-state index contributed by atoms with van der Waals surface area (Å²) in [4.78, 5) is 0.116. The van der Waals surface area contributed by atoms with Crippen LogP contribution in [0.15, 0.2) is 50.2 Å². The maximum atomic E-state index is 11.7. The van der Waals surface area contributed by atoms with Crippen LogP contribution in [0, 0.1) is 6.92 Å². The van der Waals surface area contributed by atoms with Crippen molar-refractivity contribution < 1.29 is 8.42 Å². The number of benzene rings is 2. The van der Waals surface area contributed by atoms with E-state index >= 15 is 0 Å². The van der Waals surface area contributed by atoms with Crippen molar-refractivity contribution in [3.05, 3.63) is 50.9 Å². The van der Waals surface area contributed by atoms with Crippen LogP contribution in [-0.4, -0.2) is 8.42 Å². The highest BCUT2D eigenvalue weighted by molar-refractivity contribution is 9.11. The zero-order valence-corrected chi connectivity index (χ0v) is 14.0. The summed E-state index contributed by atoms with van der Waals surface area (Å²) in [5.74, 6) is 0. The van der Waals surface area contributed by atoms with E-state index in [1.54, 1.807) is 6.07 Å². The van der Waals surface area contributed by atoms with Crippen LogP contribution in [0.5, 0.6) is 0 Å². The molecule has 6 heteroatoms. The Hall–Kier alpha value is -0.690. The maximum Gasteiger partial charge on any atom is 0.238 e. The van der Waals surface area contributed by atoms with Crippen molar-refractivity contribution in [2.24, 2.45) is 5.14 Å². The summed E-state index contributed by atoms with van der Waals surface area (Å²) in [6, 6.07) is 10.7. The third-order valence-electron chi connectivity index (χ3n) is 2.67. The molecule has 0 radical (unpaired) electrons. The van der Waals surface area contributed by atoms with Gasteiger partial charge in [-0.25, -0.2) is 13.6 Å². The van der Waals surface area contributed by atoms with E-state index in [2.05, 4.69) is 31.9 Å². The predicted molar refractivity (Wildman–Crippen MR) is 83.4 cm³/mol. The van der Waals surface area contributed by atoms with Gasteiger partial charge >= 0.3 is 0 Å². The van der Waals surface area contributed by atoms with Gasteiger partial charge in [0.15, 0.2) is 0 Å². The van der Waals surface area contributed by atoms with Crippen LogP contribution < -0.4 is 5.14 Å². The molecule has 2 N–H and O–H groups in total. The smallest absolute Gasteiger partial charge is 0.225 e. The van der Waals surface area contributed by atoms with Crippen LogP contribution in [0.2, 0.25) is 0 Å². The average molecular weight is 405 g/mol. The molecule has 100 valence electrons. The van der Waals surface area contributed by atoms with E-state index < -0.39 is 10.0 Å². The highest BCUT2D eigenvalue weighted by Gasteiger charge is 2.18. The molecule has 3 nitrogen and oxygen atoms in total. The number of sulfonamides is 1.